The van der Waals surface area contributed by atoms with Crippen LogP contribution < -0.4 is 14.8 Å². The lowest BCUT2D eigenvalue weighted by Gasteiger charge is -2.29. The monoisotopic (exact) mass is 418 g/mol. The number of benzene rings is 1. The number of rotatable bonds is 9. The van der Waals surface area contributed by atoms with E-state index in [9.17, 15) is 4.79 Å². The molecule has 0 bridgehead atoms. The van der Waals surface area contributed by atoms with Gasteiger partial charge in [0.2, 0.25) is 5.91 Å². The maximum Gasteiger partial charge on any atom is 0.230 e. The van der Waals surface area contributed by atoms with Crippen LogP contribution >= 0.6 is 11.8 Å². The van der Waals surface area contributed by atoms with Gasteiger partial charge in [0, 0.05) is 12.6 Å². The Labute approximate surface area is 176 Å². The van der Waals surface area contributed by atoms with Gasteiger partial charge in [-0.2, -0.15) is 0 Å². The van der Waals surface area contributed by atoms with Crippen molar-refractivity contribution in [3.63, 3.8) is 0 Å². The van der Waals surface area contributed by atoms with Gasteiger partial charge in [-0.05, 0) is 37.8 Å². The number of nitrogens with one attached hydrogen (secondary N) is 1. The third-order valence-electron chi connectivity index (χ3n) is 5.33. The predicted molar refractivity (Wildman–Crippen MR) is 113 cm³/mol. The lowest BCUT2D eigenvalue weighted by molar-refractivity contribution is -0.119. The van der Waals surface area contributed by atoms with E-state index in [1.807, 2.05) is 35.8 Å². The molecule has 0 spiro atoms. The van der Waals surface area contributed by atoms with Crippen LogP contribution in [0.15, 0.2) is 29.4 Å². The van der Waals surface area contributed by atoms with Gasteiger partial charge in [0.15, 0.2) is 22.5 Å². The average Bonchev–Trinajstić information content (AvgIpc) is 3.14. The molecule has 1 aliphatic rings. The summed E-state index contributed by atoms with van der Waals surface area (Å²) in [7, 11) is 1.62. The molecule has 1 fully saturated rings. The van der Waals surface area contributed by atoms with Gasteiger partial charge in [-0.15, -0.1) is 10.2 Å². The zero-order chi connectivity index (χ0) is 20.6. The maximum absolute atomic E-state index is 12.4. The van der Waals surface area contributed by atoms with Crippen LogP contribution in [-0.4, -0.2) is 39.6 Å². The van der Waals surface area contributed by atoms with E-state index in [0.717, 1.165) is 17.4 Å². The topological polar surface area (TPSA) is 78.3 Å². The first-order chi connectivity index (χ1) is 14.1. The molecule has 1 aromatic carbocycles. The number of methoxy groups -OCH3 is 1. The number of thioether (sulfide) groups is 1. The highest BCUT2D eigenvalue weighted by Gasteiger charge is 2.23. The number of hydrogen-bond donors (Lipinski definition) is 1. The number of carbonyl (C=O) groups excluding carboxylic acids is 1. The Morgan fingerprint density at radius 1 is 1.24 bits per heavy atom. The predicted octanol–water partition coefficient (Wildman–Crippen LogP) is 3.67. The molecule has 3 rings (SSSR count). The van der Waals surface area contributed by atoms with Crippen molar-refractivity contribution in [3.05, 3.63) is 30.1 Å². The van der Waals surface area contributed by atoms with Gasteiger partial charge in [-0.3, -0.25) is 4.79 Å². The van der Waals surface area contributed by atoms with Gasteiger partial charge in [0.05, 0.1) is 12.9 Å². The van der Waals surface area contributed by atoms with Gasteiger partial charge in [0.25, 0.3) is 0 Å². The van der Waals surface area contributed by atoms with E-state index in [0.29, 0.717) is 35.8 Å². The van der Waals surface area contributed by atoms with Crippen LogP contribution in [0.25, 0.3) is 0 Å². The second-order valence-corrected chi connectivity index (χ2v) is 8.25. The summed E-state index contributed by atoms with van der Waals surface area (Å²) < 4.78 is 13.2. The van der Waals surface area contributed by atoms with E-state index in [2.05, 4.69) is 22.4 Å². The first kappa shape index (κ1) is 21.5. The molecule has 1 aromatic heterocycles. The Morgan fingerprint density at radius 3 is 2.72 bits per heavy atom. The Hall–Kier alpha value is -2.22. The average molecular weight is 419 g/mol. The normalized spacial score (nSPS) is 19.0. The van der Waals surface area contributed by atoms with Gasteiger partial charge in [-0.1, -0.05) is 43.7 Å². The molecule has 1 saturated carbocycles. The summed E-state index contributed by atoms with van der Waals surface area (Å²) in [5.74, 6) is 3.02. The summed E-state index contributed by atoms with van der Waals surface area (Å²) in [6.07, 6.45) is 4.73. The standard InChI is InChI=1S/C21H30N4O3S/c1-4-25-19(13-28-18-12-8-7-11-17(18)27-3)23-24-21(25)29-14-20(26)22-16-10-6-5-9-15(16)2/h7-8,11-12,15-16H,4-6,9-10,13-14H2,1-3H3,(H,22,26)/t15-,16-/m0/s1. The van der Waals surface area contributed by atoms with Crippen LogP contribution in [0.3, 0.4) is 0 Å². The van der Waals surface area contributed by atoms with Crippen molar-refractivity contribution in [1.29, 1.82) is 0 Å². The van der Waals surface area contributed by atoms with Crippen LogP contribution in [-0.2, 0) is 17.9 Å². The minimum absolute atomic E-state index is 0.0613. The molecular formula is C21H30N4O3S. The van der Waals surface area contributed by atoms with Gasteiger partial charge >= 0.3 is 0 Å². The van der Waals surface area contributed by atoms with E-state index in [4.69, 9.17) is 9.47 Å². The second-order valence-electron chi connectivity index (χ2n) is 7.31. The highest BCUT2D eigenvalue weighted by atomic mass is 32.2. The first-order valence-electron chi connectivity index (χ1n) is 10.2. The molecule has 8 heteroatoms. The number of carbonyl (C=O) groups is 1. The summed E-state index contributed by atoms with van der Waals surface area (Å²) in [5.41, 5.74) is 0. The molecule has 0 aliphatic heterocycles. The molecule has 0 unspecified atom stereocenters. The number of ether oxygens (including phenoxy) is 2. The third-order valence-corrected chi connectivity index (χ3v) is 6.29. The van der Waals surface area contributed by atoms with Crippen molar-refractivity contribution in [1.82, 2.24) is 20.1 Å². The summed E-state index contributed by atoms with van der Waals surface area (Å²) in [5, 5.41) is 12.4. The van der Waals surface area contributed by atoms with Crippen LogP contribution in [0.5, 0.6) is 11.5 Å². The van der Waals surface area contributed by atoms with E-state index in [-0.39, 0.29) is 12.5 Å². The molecule has 0 saturated heterocycles. The highest BCUT2D eigenvalue weighted by molar-refractivity contribution is 7.99. The SMILES string of the molecule is CCn1c(COc2ccccc2OC)nnc1SCC(=O)N[C@H]1CCCC[C@@H]1C. The summed E-state index contributed by atoms with van der Waals surface area (Å²) >= 11 is 1.42. The van der Waals surface area contributed by atoms with E-state index in [1.165, 1.54) is 31.0 Å². The van der Waals surface area contributed by atoms with Crippen molar-refractivity contribution in [2.75, 3.05) is 12.9 Å². The molecule has 158 valence electrons. The molecule has 1 N–H and O–H groups in total. The quantitative estimate of drug-likeness (QED) is 0.626. The first-order valence-corrected chi connectivity index (χ1v) is 11.2. The fourth-order valence-electron chi connectivity index (χ4n) is 3.64. The second kappa shape index (κ2) is 10.5. The Balaban J connectivity index is 1.55. The lowest BCUT2D eigenvalue weighted by atomic mass is 9.86. The minimum atomic E-state index is 0.0613. The fourth-order valence-corrected chi connectivity index (χ4v) is 4.47. The minimum Gasteiger partial charge on any atom is -0.493 e. The van der Waals surface area contributed by atoms with E-state index in [1.54, 1.807) is 7.11 Å². The molecule has 0 radical (unpaired) electrons. The molecule has 1 aliphatic carbocycles. The molecule has 2 atom stereocenters. The number of para-hydroxylation sites is 2. The molecule has 7 nitrogen and oxygen atoms in total. The van der Waals surface area contributed by atoms with Crippen LogP contribution in [0.4, 0.5) is 0 Å². The molecular weight excluding hydrogens is 388 g/mol. The largest absolute Gasteiger partial charge is 0.493 e. The smallest absolute Gasteiger partial charge is 0.230 e. The highest BCUT2D eigenvalue weighted by Crippen LogP contribution is 2.27. The number of amides is 1. The van der Waals surface area contributed by atoms with Crippen molar-refractivity contribution in [2.24, 2.45) is 5.92 Å². The Bertz CT molecular complexity index is 811. The molecule has 29 heavy (non-hydrogen) atoms. The van der Waals surface area contributed by atoms with E-state index < -0.39 is 0 Å². The number of aromatic nitrogens is 3. The summed E-state index contributed by atoms with van der Waals surface area (Å²) in [4.78, 5) is 12.4. The Morgan fingerprint density at radius 2 is 2.00 bits per heavy atom. The number of nitrogens with zero attached hydrogens (tertiary/aromatic N) is 3. The molecule has 1 amide bonds. The zero-order valence-electron chi connectivity index (χ0n) is 17.4. The summed E-state index contributed by atoms with van der Waals surface area (Å²) in [6, 6.07) is 7.81. The lowest BCUT2D eigenvalue weighted by Crippen LogP contribution is -2.41. The maximum atomic E-state index is 12.4. The molecule has 2 aromatic rings. The van der Waals surface area contributed by atoms with Crippen molar-refractivity contribution >= 4 is 17.7 Å². The molecule has 1 heterocycles. The zero-order valence-corrected chi connectivity index (χ0v) is 18.2. The van der Waals surface area contributed by atoms with E-state index >= 15 is 0 Å². The third kappa shape index (κ3) is 5.65. The van der Waals surface area contributed by atoms with Crippen LogP contribution in [0.1, 0.15) is 45.4 Å². The van der Waals surface area contributed by atoms with Crippen molar-refractivity contribution < 1.29 is 14.3 Å². The van der Waals surface area contributed by atoms with Gasteiger partial charge in [0.1, 0.15) is 6.61 Å². The Kier molecular flexibility index (Phi) is 7.80. The van der Waals surface area contributed by atoms with Crippen LogP contribution in [0, 0.1) is 5.92 Å². The van der Waals surface area contributed by atoms with Gasteiger partial charge in [-0.25, -0.2) is 0 Å². The summed E-state index contributed by atoms with van der Waals surface area (Å²) in [6.45, 7) is 5.25. The van der Waals surface area contributed by atoms with Crippen LogP contribution in [0.2, 0.25) is 0 Å². The fraction of sp³-hybridized carbons (Fsp3) is 0.571. The van der Waals surface area contributed by atoms with Crippen molar-refractivity contribution in [2.45, 2.75) is 63.9 Å². The van der Waals surface area contributed by atoms with Crippen molar-refractivity contribution in [3.8, 4) is 11.5 Å². The number of hydrogen-bond acceptors (Lipinski definition) is 6. The van der Waals surface area contributed by atoms with Gasteiger partial charge < -0.3 is 19.4 Å².